The number of rotatable bonds is 3. The summed E-state index contributed by atoms with van der Waals surface area (Å²) in [6, 6.07) is 10.2. The second-order valence-corrected chi connectivity index (χ2v) is 5.60. The molecule has 20 heavy (non-hydrogen) atoms. The summed E-state index contributed by atoms with van der Waals surface area (Å²) in [7, 11) is 1.51. The average molecular weight is 375 g/mol. The highest BCUT2D eigenvalue weighted by molar-refractivity contribution is 9.10. The molecule has 104 valence electrons. The second kappa shape index (κ2) is 6.48. The van der Waals surface area contributed by atoms with Gasteiger partial charge < -0.3 is 10.1 Å². The maximum Gasteiger partial charge on any atom is 0.259 e. The van der Waals surface area contributed by atoms with E-state index in [9.17, 15) is 4.79 Å². The van der Waals surface area contributed by atoms with Crippen molar-refractivity contribution >= 4 is 50.7 Å². The molecule has 1 amide bonds. The number of nitrogens with one attached hydrogen (secondary N) is 1. The van der Waals surface area contributed by atoms with Crippen LogP contribution in [-0.2, 0) is 0 Å². The fourth-order valence-corrected chi connectivity index (χ4v) is 2.36. The van der Waals surface area contributed by atoms with Gasteiger partial charge in [-0.25, -0.2) is 0 Å². The molecule has 0 radical (unpaired) electrons. The van der Waals surface area contributed by atoms with E-state index in [1.165, 1.54) is 7.11 Å². The summed E-state index contributed by atoms with van der Waals surface area (Å²) in [6.07, 6.45) is 0. The standard InChI is InChI=1S/C14H10BrCl2NO2/c1-20-12-6-5-8(15)7-9(12)14(19)18-11-4-2-3-10(16)13(11)17/h2-7H,1H3,(H,18,19). The normalized spacial score (nSPS) is 10.2. The molecular weight excluding hydrogens is 365 g/mol. The minimum atomic E-state index is -0.327. The third-order valence-electron chi connectivity index (χ3n) is 2.61. The predicted molar refractivity (Wildman–Crippen MR) is 85.1 cm³/mol. The van der Waals surface area contributed by atoms with Crippen molar-refractivity contribution in [1.29, 1.82) is 0 Å². The summed E-state index contributed by atoms with van der Waals surface area (Å²) in [5, 5.41) is 3.40. The summed E-state index contributed by atoms with van der Waals surface area (Å²) >= 11 is 15.3. The highest BCUT2D eigenvalue weighted by atomic mass is 79.9. The molecule has 0 unspecified atom stereocenters. The lowest BCUT2D eigenvalue weighted by Crippen LogP contribution is -2.13. The molecule has 0 atom stereocenters. The summed E-state index contributed by atoms with van der Waals surface area (Å²) in [6.45, 7) is 0. The van der Waals surface area contributed by atoms with Crippen LogP contribution in [0.2, 0.25) is 10.0 Å². The summed E-state index contributed by atoms with van der Waals surface area (Å²) in [4.78, 5) is 12.3. The van der Waals surface area contributed by atoms with Gasteiger partial charge in [0.05, 0.1) is 28.4 Å². The minimum Gasteiger partial charge on any atom is -0.496 e. The zero-order valence-electron chi connectivity index (χ0n) is 10.4. The number of anilines is 1. The molecule has 0 aliphatic carbocycles. The molecule has 0 fully saturated rings. The molecule has 0 aliphatic rings. The van der Waals surface area contributed by atoms with E-state index in [2.05, 4.69) is 21.2 Å². The van der Waals surface area contributed by atoms with Crippen molar-refractivity contribution in [2.45, 2.75) is 0 Å². The molecule has 0 spiro atoms. The minimum absolute atomic E-state index is 0.302. The Bertz CT molecular complexity index is 662. The molecule has 2 aromatic rings. The summed E-state index contributed by atoms with van der Waals surface area (Å²) in [5.74, 6) is 0.149. The molecule has 0 bridgehead atoms. The molecule has 2 aromatic carbocycles. The number of hydrogen-bond donors (Lipinski definition) is 1. The van der Waals surface area contributed by atoms with E-state index in [0.717, 1.165) is 4.47 Å². The first-order chi connectivity index (χ1) is 9.52. The van der Waals surface area contributed by atoms with Crippen molar-refractivity contribution < 1.29 is 9.53 Å². The van der Waals surface area contributed by atoms with E-state index >= 15 is 0 Å². The smallest absolute Gasteiger partial charge is 0.259 e. The van der Waals surface area contributed by atoms with Crippen molar-refractivity contribution in [3.8, 4) is 5.75 Å². The van der Waals surface area contributed by atoms with Crippen molar-refractivity contribution in [3.05, 3.63) is 56.5 Å². The van der Waals surface area contributed by atoms with Gasteiger partial charge in [-0.1, -0.05) is 45.2 Å². The van der Waals surface area contributed by atoms with Crippen LogP contribution in [0.1, 0.15) is 10.4 Å². The van der Waals surface area contributed by atoms with Gasteiger partial charge in [-0.2, -0.15) is 0 Å². The Labute approximate surface area is 135 Å². The maximum atomic E-state index is 12.3. The predicted octanol–water partition coefficient (Wildman–Crippen LogP) is 5.02. The zero-order chi connectivity index (χ0) is 14.7. The Balaban J connectivity index is 2.33. The maximum absolute atomic E-state index is 12.3. The average Bonchev–Trinajstić information content (AvgIpc) is 2.43. The lowest BCUT2D eigenvalue weighted by Gasteiger charge is -2.11. The fourth-order valence-electron chi connectivity index (χ4n) is 1.65. The molecule has 0 saturated carbocycles. The SMILES string of the molecule is COc1ccc(Br)cc1C(=O)Nc1cccc(Cl)c1Cl. The molecule has 6 heteroatoms. The van der Waals surface area contributed by atoms with Gasteiger partial charge in [-0.3, -0.25) is 4.79 Å². The number of halogens is 3. The first kappa shape index (κ1) is 15.2. The van der Waals surface area contributed by atoms with Crippen LogP contribution < -0.4 is 10.1 Å². The Kier molecular flexibility index (Phi) is 4.91. The second-order valence-electron chi connectivity index (χ2n) is 3.90. The Morgan fingerprint density at radius 2 is 2.00 bits per heavy atom. The Morgan fingerprint density at radius 3 is 2.70 bits per heavy atom. The van der Waals surface area contributed by atoms with Crippen molar-refractivity contribution in [1.82, 2.24) is 0 Å². The largest absolute Gasteiger partial charge is 0.496 e. The molecule has 2 rings (SSSR count). The summed E-state index contributed by atoms with van der Waals surface area (Å²) < 4.78 is 5.95. The third kappa shape index (κ3) is 3.26. The van der Waals surface area contributed by atoms with Gasteiger partial charge in [0.25, 0.3) is 5.91 Å². The van der Waals surface area contributed by atoms with Crippen LogP contribution >= 0.6 is 39.1 Å². The quantitative estimate of drug-likeness (QED) is 0.819. The van der Waals surface area contributed by atoms with Gasteiger partial charge in [0.2, 0.25) is 0 Å². The van der Waals surface area contributed by atoms with Crippen LogP contribution in [0.4, 0.5) is 5.69 Å². The topological polar surface area (TPSA) is 38.3 Å². The van der Waals surface area contributed by atoms with Gasteiger partial charge in [-0.05, 0) is 30.3 Å². The van der Waals surface area contributed by atoms with Crippen molar-refractivity contribution in [3.63, 3.8) is 0 Å². The van der Waals surface area contributed by atoms with E-state index in [4.69, 9.17) is 27.9 Å². The van der Waals surface area contributed by atoms with Crippen molar-refractivity contribution in [2.75, 3.05) is 12.4 Å². The highest BCUT2D eigenvalue weighted by Crippen LogP contribution is 2.31. The van der Waals surface area contributed by atoms with Crippen LogP contribution in [0.5, 0.6) is 5.75 Å². The molecule has 3 nitrogen and oxygen atoms in total. The number of benzene rings is 2. The van der Waals surface area contributed by atoms with Gasteiger partial charge in [0.15, 0.2) is 0 Å². The van der Waals surface area contributed by atoms with Crippen molar-refractivity contribution in [2.24, 2.45) is 0 Å². The van der Waals surface area contributed by atoms with Gasteiger partial charge in [-0.15, -0.1) is 0 Å². The van der Waals surface area contributed by atoms with E-state index < -0.39 is 0 Å². The molecule has 1 N–H and O–H groups in total. The number of ether oxygens (including phenoxy) is 1. The van der Waals surface area contributed by atoms with Gasteiger partial charge in [0, 0.05) is 4.47 Å². The zero-order valence-corrected chi connectivity index (χ0v) is 13.5. The number of carbonyl (C=O) groups excluding carboxylic acids is 1. The first-order valence-electron chi connectivity index (χ1n) is 5.62. The number of amides is 1. The van der Waals surface area contributed by atoms with Crippen LogP contribution in [0.25, 0.3) is 0 Å². The van der Waals surface area contributed by atoms with Gasteiger partial charge >= 0.3 is 0 Å². The van der Waals surface area contributed by atoms with E-state index in [0.29, 0.717) is 27.0 Å². The monoisotopic (exact) mass is 373 g/mol. The van der Waals surface area contributed by atoms with Crippen LogP contribution in [0, 0.1) is 0 Å². The van der Waals surface area contributed by atoms with E-state index in [1.54, 1.807) is 36.4 Å². The highest BCUT2D eigenvalue weighted by Gasteiger charge is 2.15. The lowest BCUT2D eigenvalue weighted by atomic mass is 10.2. The van der Waals surface area contributed by atoms with Gasteiger partial charge in [0.1, 0.15) is 5.75 Å². The molecule has 0 heterocycles. The number of methoxy groups -OCH3 is 1. The fraction of sp³-hybridized carbons (Fsp3) is 0.0714. The van der Waals surface area contributed by atoms with E-state index in [-0.39, 0.29) is 5.91 Å². The van der Waals surface area contributed by atoms with Crippen LogP contribution in [0.15, 0.2) is 40.9 Å². The molecule has 0 saturated heterocycles. The molecule has 0 aromatic heterocycles. The number of hydrogen-bond acceptors (Lipinski definition) is 2. The number of carbonyl (C=O) groups is 1. The third-order valence-corrected chi connectivity index (χ3v) is 3.92. The summed E-state index contributed by atoms with van der Waals surface area (Å²) in [5.41, 5.74) is 0.851. The molecular formula is C14H10BrCl2NO2. The lowest BCUT2D eigenvalue weighted by molar-refractivity contribution is 0.102. The van der Waals surface area contributed by atoms with Crippen LogP contribution in [-0.4, -0.2) is 13.0 Å². The van der Waals surface area contributed by atoms with Crippen LogP contribution in [0.3, 0.4) is 0 Å². The Morgan fingerprint density at radius 1 is 1.25 bits per heavy atom. The van der Waals surface area contributed by atoms with E-state index in [1.807, 2.05) is 0 Å². The molecule has 0 aliphatic heterocycles. The first-order valence-corrected chi connectivity index (χ1v) is 7.16. The Hall–Kier alpha value is -1.23.